The maximum Gasteiger partial charge on any atom is 0.255 e. The molecule has 2 rings (SSSR count). The molecule has 0 fully saturated rings. The number of benzene rings is 2. The molecule has 2 aromatic carbocycles. The molecule has 0 aliphatic carbocycles. The highest BCUT2D eigenvalue weighted by atomic mass is 35.5. The van der Waals surface area contributed by atoms with E-state index in [0.717, 1.165) is 11.3 Å². The number of anilines is 1. The van der Waals surface area contributed by atoms with Gasteiger partial charge >= 0.3 is 0 Å². The third-order valence-electron chi connectivity index (χ3n) is 3.77. The summed E-state index contributed by atoms with van der Waals surface area (Å²) in [5.74, 6) is 0.157. The number of carbonyl (C=O) groups is 2. The van der Waals surface area contributed by atoms with Crippen molar-refractivity contribution in [3.05, 3.63) is 58.6 Å². The van der Waals surface area contributed by atoms with Crippen LogP contribution in [0.1, 0.15) is 42.2 Å². The van der Waals surface area contributed by atoms with Crippen LogP contribution < -0.4 is 15.4 Å². The van der Waals surface area contributed by atoms with E-state index in [4.69, 9.17) is 16.3 Å². The number of nitrogens with one attached hydrogen (secondary N) is 2. The van der Waals surface area contributed by atoms with Gasteiger partial charge in [0.1, 0.15) is 5.75 Å². The molecular formula is C19H21ClN2O3. The highest BCUT2D eigenvalue weighted by Gasteiger charge is 2.16. The Morgan fingerprint density at radius 1 is 1.16 bits per heavy atom. The average molecular weight is 361 g/mol. The average Bonchev–Trinajstić information content (AvgIpc) is 2.62. The van der Waals surface area contributed by atoms with E-state index in [-0.39, 0.29) is 17.9 Å². The monoisotopic (exact) mass is 360 g/mol. The Morgan fingerprint density at radius 2 is 1.84 bits per heavy atom. The lowest BCUT2D eigenvalue weighted by Crippen LogP contribution is -2.27. The minimum atomic E-state index is -0.268. The van der Waals surface area contributed by atoms with E-state index < -0.39 is 0 Å². The van der Waals surface area contributed by atoms with E-state index >= 15 is 0 Å². The molecule has 132 valence electrons. The van der Waals surface area contributed by atoms with Crippen molar-refractivity contribution in [2.75, 3.05) is 12.4 Å². The topological polar surface area (TPSA) is 67.4 Å². The molecule has 0 aliphatic rings. The lowest BCUT2D eigenvalue weighted by atomic mass is 10.1. The molecule has 0 saturated carbocycles. The molecule has 1 unspecified atom stereocenters. The van der Waals surface area contributed by atoms with Gasteiger partial charge in [-0.25, -0.2) is 0 Å². The summed E-state index contributed by atoms with van der Waals surface area (Å²) in [6.45, 7) is 3.68. The highest BCUT2D eigenvalue weighted by Crippen LogP contribution is 2.24. The van der Waals surface area contributed by atoms with Gasteiger partial charge in [-0.3, -0.25) is 9.59 Å². The van der Waals surface area contributed by atoms with Crippen molar-refractivity contribution < 1.29 is 14.3 Å². The molecular weight excluding hydrogens is 340 g/mol. The second-order valence-electron chi connectivity index (χ2n) is 5.56. The van der Waals surface area contributed by atoms with Gasteiger partial charge in [-0.05, 0) is 42.8 Å². The van der Waals surface area contributed by atoms with Gasteiger partial charge in [0.25, 0.3) is 5.91 Å². The lowest BCUT2D eigenvalue weighted by Gasteiger charge is -2.16. The summed E-state index contributed by atoms with van der Waals surface area (Å²) in [7, 11) is 1.51. The van der Waals surface area contributed by atoms with Crippen LogP contribution in [0.25, 0.3) is 0 Å². The Hall–Kier alpha value is -2.53. The van der Waals surface area contributed by atoms with E-state index in [2.05, 4.69) is 10.6 Å². The normalized spacial score (nSPS) is 11.5. The molecule has 2 amide bonds. The van der Waals surface area contributed by atoms with Crippen LogP contribution in [0.15, 0.2) is 42.5 Å². The fraction of sp³-hybridized carbons (Fsp3) is 0.263. The third-order valence-corrected chi connectivity index (χ3v) is 4.00. The van der Waals surface area contributed by atoms with Crippen molar-refractivity contribution in [2.24, 2.45) is 0 Å². The number of methoxy groups -OCH3 is 1. The van der Waals surface area contributed by atoms with Gasteiger partial charge < -0.3 is 15.4 Å². The quantitative estimate of drug-likeness (QED) is 0.811. The maximum absolute atomic E-state index is 12.5. The Labute approximate surface area is 152 Å². The van der Waals surface area contributed by atoms with Crippen LogP contribution in [0.5, 0.6) is 5.75 Å². The molecule has 0 aliphatic heterocycles. The number of hydrogen-bond donors (Lipinski definition) is 2. The number of rotatable bonds is 6. The van der Waals surface area contributed by atoms with Crippen LogP contribution in [-0.4, -0.2) is 18.9 Å². The third kappa shape index (κ3) is 4.97. The van der Waals surface area contributed by atoms with Gasteiger partial charge in [-0.1, -0.05) is 30.7 Å². The smallest absolute Gasteiger partial charge is 0.255 e. The highest BCUT2D eigenvalue weighted by molar-refractivity contribution is 6.31. The zero-order valence-corrected chi connectivity index (χ0v) is 15.2. The summed E-state index contributed by atoms with van der Waals surface area (Å²) in [6.07, 6.45) is 0.426. The summed E-state index contributed by atoms with van der Waals surface area (Å²) in [6, 6.07) is 12.0. The summed E-state index contributed by atoms with van der Waals surface area (Å²) < 4.78 is 5.21. The number of halogens is 1. The predicted molar refractivity (Wildman–Crippen MR) is 99.2 cm³/mol. The van der Waals surface area contributed by atoms with Crippen LogP contribution >= 0.6 is 11.6 Å². The van der Waals surface area contributed by atoms with Crippen LogP contribution in [0, 0.1) is 0 Å². The molecule has 5 nitrogen and oxygen atoms in total. The fourth-order valence-electron chi connectivity index (χ4n) is 2.32. The van der Waals surface area contributed by atoms with Crippen LogP contribution in [0.4, 0.5) is 5.69 Å². The number of hydrogen-bond acceptors (Lipinski definition) is 3. The summed E-state index contributed by atoms with van der Waals surface area (Å²) >= 11 is 5.97. The minimum absolute atomic E-state index is 0.0397. The second kappa shape index (κ2) is 8.53. The molecule has 25 heavy (non-hydrogen) atoms. The van der Waals surface area contributed by atoms with Gasteiger partial charge in [-0.2, -0.15) is 0 Å². The second-order valence-corrected chi connectivity index (χ2v) is 6.00. The van der Waals surface area contributed by atoms with Gasteiger partial charge in [0.05, 0.1) is 18.7 Å². The van der Waals surface area contributed by atoms with Crippen LogP contribution in [0.2, 0.25) is 5.02 Å². The van der Waals surface area contributed by atoms with Gasteiger partial charge in [0.15, 0.2) is 0 Å². The first-order valence-corrected chi connectivity index (χ1v) is 8.36. The Bertz CT molecular complexity index is 760. The molecule has 1 atom stereocenters. The first kappa shape index (κ1) is 18.8. The van der Waals surface area contributed by atoms with Crippen molar-refractivity contribution in [1.29, 1.82) is 0 Å². The Morgan fingerprint density at radius 3 is 2.44 bits per heavy atom. The van der Waals surface area contributed by atoms with Crippen LogP contribution in [-0.2, 0) is 4.79 Å². The van der Waals surface area contributed by atoms with Crippen LogP contribution in [0.3, 0.4) is 0 Å². The molecule has 0 radical (unpaired) electrons. The van der Waals surface area contributed by atoms with Gasteiger partial charge in [-0.15, -0.1) is 0 Å². The molecule has 2 aromatic rings. The van der Waals surface area contributed by atoms with E-state index in [0.29, 0.717) is 22.8 Å². The zero-order chi connectivity index (χ0) is 18.4. The van der Waals surface area contributed by atoms with Crippen molar-refractivity contribution in [1.82, 2.24) is 5.32 Å². The molecule has 0 spiro atoms. The van der Waals surface area contributed by atoms with Crippen molar-refractivity contribution in [3.8, 4) is 5.75 Å². The van der Waals surface area contributed by atoms with Gasteiger partial charge in [0, 0.05) is 17.1 Å². The van der Waals surface area contributed by atoms with E-state index in [1.54, 1.807) is 25.1 Å². The van der Waals surface area contributed by atoms with E-state index in [9.17, 15) is 9.59 Å². The molecule has 6 heteroatoms. The SMILES string of the molecule is CCC(=O)Nc1ccc(C(C)NC(=O)c2cc(Cl)ccc2OC)cc1. The van der Waals surface area contributed by atoms with Crippen molar-refractivity contribution in [2.45, 2.75) is 26.3 Å². The molecule has 0 aromatic heterocycles. The summed E-state index contributed by atoms with van der Waals surface area (Å²) in [5.41, 5.74) is 2.03. The molecule has 0 bridgehead atoms. The Balaban J connectivity index is 2.09. The Kier molecular flexibility index (Phi) is 6.42. The lowest BCUT2D eigenvalue weighted by molar-refractivity contribution is -0.115. The first-order chi connectivity index (χ1) is 11.9. The van der Waals surface area contributed by atoms with E-state index in [1.807, 2.05) is 31.2 Å². The minimum Gasteiger partial charge on any atom is -0.496 e. The fourth-order valence-corrected chi connectivity index (χ4v) is 2.49. The maximum atomic E-state index is 12.5. The van der Waals surface area contributed by atoms with Crippen molar-refractivity contribution in [3.63, 3.8) is 0 Å². The van der Waals surface area contributed by atoms with Gasteiger partial charge in [0.2, 0.25) is 5.91 Å². The largest absolute Gasteiger partial charge is 0.496 e. The zero-order valence-electron chi connectivity index (χ0n) is 14.4. The number of amides is 2. The van der Waals surface area contributed by atoms with E-state index in [1.165, 1.54) is 7.11 Å². The standard InChI is InChI=1S/C19H21ClN2O3/c1-4-18(23)22-15-8-5-13(6-9-15)12(2)21-19(24)16-11-14(20)7-10-17(16)25-3/h5-12H,4H2,1-3H3,(H,21,24)(H,22,23). The first-order valence-electron chi connectivity index (χ1n) is 7.98. The number of carbonyl (C=O) groups excluding carboxylic acids is 2. The van der Waals surface area contributed by atoms with Crippen molar-refractivity contribution >= 4 is 29.1 Å². The summed E-state index contributed by atoms with van der Waals surface area (Å²) in [5, 5.41) is 6.18. The molecule has 2 N–H and O–H groups in total. The number of ether oxygens (including phenoxy) is 1. The summed E-state index contributed by atoms with van der Waals surface area (Å²) in [4.78, 5) is 23.9. The molecule has 0 heterocycles. The predicted octanol–water partition coefficient (Wildman–Crippen LogP) is 4.19. The molecule has 0 saturated heterocycles.